The number of amides is 1. The van der Waals surface area contributed by atoms with Crippen LogP contribution in [0.2, 0.25) is 5.02 Å². The molecule has 1 fully saturated rings. The average molecular weight is 348 g/mol. The molecule has 0 bridgehead atoms. The number of carbonyl (C=O) groups excluding carboxylic acids is 1. The minimum Gasteiger partial charge on any atom is -0.481 e. The number of aryl methyl sites for hydroxylation is 1. The Balaban J connectivity index is 1.86. The largest absolute Gasteiger partial charge is 0.481 e. The van der Waals surface area contributed by atoms with E-state index in [9.17, 15) is 14.7 Å². The van der Waals surface area contributed by atoms with Crippen LogP contribution in [-0.2, 0) is 4.79 Å². The van der Waals surface area contributed by atoms with Crippen LogP contribution >= 0.6 is 11.6 Å². The van der Waals surface area contributed by atoms with Crippen molar-refractivity contribution in [3.05, 3.63) is 46.7 Å². The number of hydrogen-bond acceptors (Lipinski definition) is 3. The summed E-state index contributed by atoms with van der Waals surface area (Å²) in [5.74, 6) is -1.59. The summed E-state index contributed by atoms with van der Waals surface area (Å²) >= 11 is 6.18. The van der Waals surface area contributed by atoms with Crippen molar-refractivity contribution in [1.29, 1.82) is 0 Å². The lowest BCUT2D eigenvalue weighted by Crippen LogP contribution is -2.42. The van der Waals surface area contributed by atoms with E-state index < -0.39 is 11.9 Å². The van der Waals surface area contributed by atoms with Gasteiger partial charge in [0.05, 0.1) is 16.6 Å². The van der Waals surface area contributed by atoms with Gasteiger partial charge in [0.2, 0.25) is 0 Å². The first-order chi connectivity index (χ1) is 11.5. The Morgan fingerprint density at radius 1 is 1.33 bits per heavy atom. The van der Waals surface area contributed by atoms with E-state index in [0.29, 0.717) is 35.8 Å². The number of rotatable bonds is 3. The minimum atomic E-state index is -0.856. The van der Waals surface area contributed by atoms with Crippen molar-refractivity contribution in [3.8, 4) is 5.69 Å². The molecular formula is C17H18ClN3O3. The Labute approximate surface area is 144 Å². The number of hydrogen-bond donors (Lipinski definition) is 1. The van der Waals surface area contributed by atoms with Crippen LogP contribution < -0.4 is 0 Å². The van der Waals surface area contributed by atoms with E-state index in [0.717, 1.165) is 5.56 Å². The third-order valence-corrected chi connectivity index (χ3v) is 4.58. The van der Waals surface area contributed by atoms with Crippen LogP contribution in [0.4, 0.5) is 0 Å². The third-order valence-electron chi connectivity index (χ3n) is 4.26. The summed E-state index contributed by atoms with van der Waals surface area (Å²) in [5, 5.41) is 14.1. The molecule has 1 aliphatic rings. The fourth-order valence-corrected chi connectivity index (χ4v) is 3.17. The van der Waals surface area contributed by atoms with Crippen LogP contribution in [0.15, 0.2) is 30.5 Å². The maximum atomic E-state index is 12.7. The van der Waals surface area contributed by atoms with Crippen LogP contribution in [0.25, 0.3) is 5.69 Å². The predicted octanol–water partition coefficient (Wildman–Crippen LogP) is 2.77. The van der Waals surface area contributed by atoms with Gasteiger partial charge in [-0.3, -0.25) is 9.59 Å². The van der Waals surface area contributed by atoms with Crippen LogP contribution in [0.5, 0.6) is 0 Å². The van der Waals surface area contributed by atoms with Gasteiger partial charge in [0, 0.05) is 24.8 Å². The predicted molar refractivity (Wildman–Crippen MR) is 89.6 cm³/mol. The second-order valence-electron chi connectivity index (χ2n) is 5.99. The SMILES string of the molecule is Cc1cn(-c2ccccc2Cl)nc1C(=O)N1CCC[C@H](C(=O)O)C1. The van der Waals surface area contributed by atoms with Crippen molar-refractivity contribution in [2.75, 3.05) is 13.1 Å². The lowest BCUT2D eigenvalue weighted by Gasteiger charge is -2.30. The van der Waals surface area contributed by atoms with Crippen molar-refractivity contribution in [3.63, 3.8) is 0 Å². The maximum Gasteiger partial charge on any atom is 0.308 e. The van der Waals surface area contributed by atoms with Crippen molar-refractivity contribution < 1.29 is 14.7 Å². The summed E-state index contributed by atoms with van der Waals surface area (Å²) in [6, 6.07) is 7.26. The molecule has 2 aromatic rings. The molecule has 0 radical (unpaired) electrons. The van der Waals surface area contributed by atoms with Gasteiger partial charge in [-0.1, -0.05) is 23.7 Å². The molecule has 0 unspecified atom stereocenters. The van der Waals surface area contributed by atoms with Crippen molar-refractivity contribution in [2.45, 2.75) is 19.8 Å². The number of piperidine rings is 1. The van der Waals surface area contributed by atoms with E-state index in [1.165, 1.54) is 0 Å². The number of carboxylic acids is 1. The summed E-state index contributed by atoms with van der Waals surface area (Å²) < 4.78 is 1.59. The molecule has 0 saturated carbocycles. The third kappa shape index (κ3) is 3.14. The lowest BCUT2D eigenvalue weighted by molar-refractivity contribution is -0.143. The van der Waals surface area contributed by atoms with E-state index in [2.05, 4.69) is 5.10 Å². The summed E-state index contributed by atoms with van der Waals surface area (Å²) in [6.45, 7) is 2.60. The number of benzene rings is 1. The first-order valence-corrected chi connectivity index (χ1v) is 8.18. The molecule has 24 heavy (non-hydrogen) atoms. The second-order valence-corrected chi connectivity index (χ2v) is 6.39. The van der Waals surface area contributed by atoms with Gasteiger partial charge in [0.15, 0.2) is 5.69 Å². The zero-order chi connectivity index (χ0) is 17.3. The summed E-state index contributed by atoms with van der Waals surface area (Å²) in [5.41, 5.74) is 1.77. The maximum absolute atomic E-state index is 12.7. The highest BCUT2D eigenvalue weighted by Crippen LogP contribution is 2.23. The van der Waals surface area contributed by atoms with E-state index >= 15 is 0 Å². The first-order valence-electron chi connectivity index (χ1n) is 7.80. The highest BCUT2D eigenvalue weighted by molar-refractivity contribution is 6.32. The Morgan fingerprint density at radius 2 is 2.08 bits per heavy atom. The molecule has 0 spiro atoms. The van der Waals surface area contributed by atoms with Crippen molar-refractivity contribution >= 4 is 23.5 Å². The zero-order valence-electron chi connectivity index (χ0n) is 13.3. The molecule has 1 aliphatic heterocycles. The molecule has 1 aromatic heterocycles. The molecule has 126 valence electrons. The highest BCUT2D eigenvalue weighted by Gasteiger charge is 2.30. The lowest BCUT2D eigenvalue weighted by atomic mass is 9.98. The standard InChI is InChI=1S/C17H18ClN3O3/c1-11-9-21(14-7-3-2-6-13(14)18)19-15(11)16(22)20-8-4-5-12(10-20)17(23)24/h2-3,6-7,9,12H,4-5,8,10H2,1H3,(H,23,24)/t12-/m0/s1. The van der Waals surface area contributed by atoms with E-state index in [-0.39, 0.29) is 12.5 Å². The van der Waals surface area contributed by atoms with Gasteiger partial charge >= 0.3 is 5.97 Å². The number of carbonyl (C=O) groups is 2. The smallest absolute Gasteiger partial charge is 0.308 e. The van der Waals surface area contributed by atoms with Crippen LogP contribution in [0.3, 0.4) is 0 Å². The zero-order valence-corrected chi connectivity index (χ0v) is 14.0. The Morgan fingerprint density at radius 3 is 2.79 bits per heavy atom. The topological polar surface area (TPSA) is 75.4 Å². The normalized spacial score (nSPS) is 17.8. The molecule has 6 nitrogen and oxygen atoms in total. The van der Waals surface area contributed by atoms with Crippen LogP contribution in [0.1, 0.15) is 28.9 Å². The van der Waals surface area contributed by atoms with Gasteiger partial charge in [-0.15, -0.1) is 0 Å². The monoisotopic (exact) mass is 347 g/mol. The van der Waals surface area contributed by atoms with E-state index in [1.807, 2.05) is 25.1 Å². The molecule has 1 saturated heterocycles. The Hall–Kier alpha value is -2.34. The summed E-state index contributed by atoms with van der Waals surface area (Å²) in [4.78, 5) is 25.5. The number of para-hydroxylation sites is 1. The highest BCUT2D eigenvalue weighted by atomic mass is 35.5. The minimum absolute atomic E-state index is 0.229. The number of carboxylic acid groups (broad SMARTS) is 1. The molecule has 7 heteroatoms. The molecule has 1 atom stereocenters. The quantitative estimate of drug-likeness (QED) is 0.926. The molecule has 0 aliphatic carbocycles. The molecule has 3 rings (SSSR count). The molecule has 2 heterocycles. The van der Waals surface area contributed by atoms with E-state index in [4.69, 9.17) is 11.6 Å². The van der Waals surface area contributed by atoms with E-state index in [1.54, 1.807) is 21.8 Å². The first kappa shape index (κ1) is 16.5. The van der Waals surface area contributed by atoms with Gasteiger partial charge in [-0.25, -0.2) is 4.68 Å². The average Bonchev–Trinajstić information content (AvgIpc) is 2.96. The second kappa shape index (κ2) is 6.65. The van der Waals surface area contributed by atoms with Crippen LogP contribution in [-0.4, -0.2) is 44.8 Å². The fraction of sp³-hybridized carbons (Fsp3) is 0.353. The number of halogens is 1. The van der Waals surface area contributed by atoms with Gasteiger partial charge in [0.25, 0.3) is 5.91 Å². The number of likely N-dealkylation sites (tertiary alicyclic amines) is 1. The summed E-state index contributed by atoms with van der Waals surface area (Å²) in [6.07, 6.45) is 3.05. The van der Waals surface area contributed by atoms with Crippen molar-refractivity contribution in [2.24, 2.45) is 5.92 Å². The Bertz CT molecular complexity index is 787. The van der Waals surface area contributed by atoms with Gasteiger partial charge in [-0.05, 0) is 31.9 Å². The molecule has 1 aromatic carbocycles. The van der Waals surface area contributed by atoms with Gasteiger partial charge in [0.1, 0.15) is 0 Å². The fourth-order valence-electron chi connectivity index (χ4n) is 2.95. The summed E-state index contributed by atoms with van der Waals surface area (Å²) in [7, 11) is 0. The molecular weight excluding hydrogens is 330 g/mol. The molecule has 1 N–H and O–H groups in total. The molecule has 1 amide bonds. The van der Waals surface area contributed by atoms with Gasteiger partial charge < -0.3 is 10.0 Å². The number of aliphatic carboxylic acids is 1. The Kier molecular flexibility index (Phi) is 4.57. The number of aromatic nitrogens is 2. The van der Waals surface area contributed by atoms with Crippen LogP contribution in [0, 0.1) is 12.8 Å². The number of nitrogens with zero attached hydrogens (tertiary/aromatic N) is 3. The van der Waals surface area contributed by atoms with Gasteiger partial charge in [-0.2, -0.15) is 5.10 Å². The van der Waals surface area contributed by atoms with Crippen molar-refractivity contribution in [1.82, 2.24) is 14.7 Å².